The molecule has 0 fully saturated rings. The first-order valence-corrected chi connectivity index (χ1v) is 9.61. The second kappa shape index (κ2) is 7.08. The molecule has 0 radical (unpaired) electrons. The van der Waals surface area contributed by atoms with E-state index in [-0.39, 0.29) is 5.56 Å². The highest BCUT2D eigenvalue weighted by Gasteiger charge is 2.17. The summed E-state index contributed by atoms with van der Waals surface area (Å²) in [6.07, 6.45) is 0. The Balaban J connectivity index is 1.83. The van der Waals surface area contributed by atoms with Crippen LogP contribution in [0, 0.1) is 0 Å². The summed E-state index contributed by atoms with van der Waals surface area (Å²) in [5.41, 5.74) is 4.69. The van der Waals surface area contributed by atoms with Crippen molar-refractivity contribution in [2.24, 2.45) is 0 Å². The standard InChI is InChI=1S/C24H16ClN3O/c25-18-13-11-16(12-14-18)20-15-21(17-7-3-1-4-8-17)26-23-22(20)24(29)28(27-23)19-9-5-2-6-10-19/h1-15H,(H,26,27). The molecule has 0 unspecified atom stereocenters. The number of nitrogens with zero attached hydrogens (tertiary/aromatic N) is 2. The minimum atomic E-state index is -0.136. The molecule has 0 bridgehead atoms. The van der Waals surface area contributed by atoms with Crippen LogP contribution in [0.25, 0.3) is 39.1 Å². The van der Waals surface area contributed by atoms with Crippen LogP contribution in [0.15, 0.2) is 95.8 Å². The van der Waals surface area contributed by atoms with Crippen molar-refractivity contribution in [2.75, 3.05) is 0 Å². The van der Waals surface area contributed by atoms with Crippen LogP contribution >= 0.6 is 11.6 Å². The maximum atomic E-state index is 13.3. The van der Waals surface area contributed by atoms with Gasteiger partial charge in [0.25, 0.3) is 5.56 Å². The minimum Gasteiger partial charge on any atom is -0.274 e. The fourth-order valence-corrected chi connectivity index (χ4v) is 3.61. The third-order valence-electron chi connectivity index (χ3n) is 4.89. The lowest BCUT2D eigenvalue weighted by Crippen LogP contribution is -2.14. The molecule has 0 saturated heterocycles. The highest BCUT2D eigenvalue weighted by atomic mass is 35.5. The quantitative estimate of drug-likeness (QED) is 0.424. The molecule has 5 rings (SSSR count). The zero-order valence-electron chi connectivity index (χ0n) is 15.3. The van der Waals surface area contributed by atoms with Gasteiger partial charge in [-0.3, -0.25) is 9.89 Å². The van der Waals surface area contributed by atoms with Crippen molar-refractivity contribution in [1.29, 1.82) is 0 Å². The van der Waals surface area contributed by atoms with E-state index in [2.05, 4.69) is 5.10 Å². The number of aromatic amines is 1. The average molecular weight is 398 g/mol. The van der Waals surface area contributed by atoms with E-state index in [1.165, 1.54) is 4.68 Å². The molecule has 140 valence electrons. The normalized spacial score (nSPS) is 11.1. The van der Waals surface area contributed by atoms with Crippen molar-refractivity contribution in [2.45, 2.75) is 0 Å². The molecule has 5 aromatic rings. The topological polar surface area (TPSA) is 50.7 Å². The average Bonchev–Trinajstić information content (AvgIpc) is 3.11. The second-order valence-corrected chi connectivity index (χ2v) is 7.18. The third kappa shape index (κ3) is 3.13. The lowest BCUT2D eigenvalue weighted by Gasteiger charge is -2.07. The van der Waals surface area contributed by atoms with Gasteiger partial charge in [-0.1, -0.05) is 72.3 Å². The van der Waals surface area contributed by atoms with E-state index >= 15 is 0 Å². The van der Waals surface area contributed by atoms with Crippen molar-refractivity contribution in [3.8, 4) is 28.1 Å². The van der Waals surface area contributed by atoms with Crippen molar-refractivity contribution >= 4 is 22.6 Å². The fourth-order valence-electron chi connectivity index (χ4n) is 3.48. The Labute approximate surface area is 172 Å². The Kier molecular flexibility index (Phi) is 4.26. The summed E-state index contributed by atoms with van der Waals surface area (Å²) in [5, 5.41) is 4.38. The van der Waals surface area contributed by atoms with Crippen LogP contribution < -0.4 is 5.56 Å². The number of fused-ring (bicyclic) bond motifs is 1. The first kappa shape index (κ1) is 17.5. The lowest BCUT2D eigenvalue weighted by atomic mass is 10.0. The van der Waals surface area contributed by atoms with Crippen molar-refractivity contribution in [3.05, 3.63) is 106 Å². The maximum absolute atomic E-state index is 13.3. The molecular formula is C24H16ClN3O. The van der Waals surface area contributed by atoms with Gasteiger partial charge in [0.1, 0.15) is 0 Å². The van der Waals surface area contributed by atoms with Gasteiger partial charge in [-0.05, 0) is 35.9 Å². The highest BCUT2D eigenvalue weighted by molar-refractivity contribution is 6.30. The molecule has 5 heteroatoms. The lowest BCUT2D eigenvalue weighted by molar-refractivity contribution is 0.859. The molecule has 0 saturated carbocycles. The van der Waals surface area contributed by atoms with Gasteiger partial charge in [0.2, 0.25) is 0 Å². The predicted molar refractivity (Wildman–Crippen MR) is 118 cm³/mol. The number of rotatable bonds is 3. The molecule has 0 amide bonds. The number of hydrogen-bond acceptors (Lipinski definition) is 2. The number of hydrogen-bond donors (Lipinski definition) is 1. The van der Waals surface area contributed by atoms with Crippen LogP contribution in [0.3, 0.4) is 0 Å². The Morgan fingerprint density at radius 2 is 1.45 bits per heavy atom. The van der Waals surface area contributed by atoms with Crippen molar-refractivity contribution < 1.29 is 0 Å². The molecule has 0 aliphatic rings. The summed E-state index contributed by atoms with van der Waals surface area (Å²) in [4.78, 5) is 18.1. The number of para-hydroxylation sites is 1. The molecule has 0 spiro atoms. The number of benzene rings is 3. The highest BCUT2D eigenvalue weighted by Crippen LogP contribution is 2.31. The molecule has 0 atom stereocenters. The summed E-state index contributed by atoms with van der Waals surface area (Å²) in [6, 6.07) is 28.9. The van der Waals surface area contributed by atoms with Gasteiger partial charge in [0.15, 0.2) is 5.65 Å². The largest absolute Gasteiger partial charge is 0.281 e. The van der Waals surface area contributed by atoms with Gasteiger partial charge in [0, 0.05) is 16.1 Å². The third-order valence-corrected chi connectivity index (χ3v) is 5.15. The van der Waals surface area contributed by atoms with Crippen molar-refractivity contribution in [1.82, 2.24) is 14.8 Å². The molecule has 1 N–H and O–H groups in total. The molecule has 0 aliphatic heterocycles. The Hall–Kier alpha value is -3.63. The fraction of sp³-hybridized carbons (Fsp3) is 0. The monoisotopic (exact) mass is 397 g/mol. The van der Waals surface area contributed by atoms with Gasteiger partial charge >= 0.3 is 0 Å². The van der Waals surface area contributed by atoms with Crippen LogP contribution in [0.4, 0.5) is 0 Å². The van der Waals surface area contributed by atoms with Gasteiger partial charge in [-0.15, -0.1) is 0 Å². The summed E-state index contributed by atoms with van der Waals surface area (Å²) in [6.45, 7) is 0. The molecule has 2 aromatic heterocycles. The molecule has 2 heterocycles. The number of aromatic nitrogens is 3. The van der Waals surface area contributed by atoms with E-state index in [1.807, 2.05) is 91.0 Å². The summed E-state index contributed by atoms with van der Waals surface area (Å²) < 4.78 is 1.53. The molecule has 0 aliphatic carbocycles. The number of nitrogens with one attached hydrogen (secondary N) is 1. The van der Waals surface area contributed by atoms with Crippen molar-refractivity contribution in [3.63, 3.8) is 0 Å². The molecular weight excluding hydrogens is 382 g/mol. The second-order valence-electron chi connectivity index (χ2n) is 6.74. The Bertz CT molecular complexity index is 1350. The minimum absolute atomic E-state index is 0.136. The van der Waals surface area contributed by atoms with E-state index in [4.69, 9.17) is 16.6 Å². The summed E-state index contributed by atoms with van der Waals surface area (Å²) >= 11 is 6.08. The summed E-state index contributed by atoms with van der Waals surface area (Å²) in [7, 11) is 0. The number of halogens is 1. The maximum Gasteiger partial charge on any atom is 0.281 e. The first-order chi connectivity index (χ1) is 14.2. The van der Waals surface area contributed by atoms with Crippen LogP contribution in [0.5, 0.6) is 0 Å². The van der Waals surface area contributed by atoms with E-state index in [9.17, 15) is 4.79 Å². The van der Waals surface area contributed by atoms with E-state index < -0.39 is 0 Å². The van der Waals surface area contributed by atoms with E-state index in [0.717, 1.165) is 28.1 Å². The Morgan fingerprint density at radius 3 is 2.14 bits per heavy atom. The van der Waals surface area contributed by atoms with Crippen LogP contribution in [0.1, 0.15) is 0 Å². The molecule has 3 aromatic carbocycles. The SMILES string of the molecule is O=c1c2c(-c3ccc(Cl)cc3)cc(-c3ccccc3)nc2[nH]n1-c1ccccc1. The van der Waals surface area contributed by atoms with E-state index in [0.29, 0.717) is 16.1 Å². The van der Waals surface area contributed by atoms with Crippen LogP contribution in [-0.2, 0) is 0 Å². The first-order valence-electron chi connectivity index (χ1n) is 9.23. The molecule has 29 heavy (non-hydrogen) atoms. The molecule has 4 nitrogen and oxygen atoms in total. The van der Waals surface area contributed by atoms with Gasteiger partial charge in [0.05, 0.1) is 16.8 Å². The van der Waals surface area contributed by atoms with Crippen LogP contribution in [-0.4, -0.2) is 14.8 Å². The number of H-pyrrole nitrogens is 1. The summed E-state index contributed by atoms with van der Waals surface area (Å²) in [5.74, 6) is 0. The van der Waals surface area contributed by atoms with Gasteiger partial charge in [-0.2, -0.15) is 0 Å². The Morgan fingerprint density at radius 1 is 0.793 bits per heavy atom. The predicted octanol–water partition coefficient (Wildman–Crippen LogP) is 5.70. The van der Waals surface area contributed by atoms with Crippen LogP contribution in [0.2, 0.25) is 5.02 Å². The van der Waals surface area contributed by atoms with E-state index in [1.54, 1.807) is 0 Å². The zero-order chi connectivity index (χ0) is 19.8. The van der Waals surface area contributed by atoms with Gasteiger partial charge < -0.3 is 0 Å². The smallest absolute Gasteiger partial charge is 0.274 e. The zero-order valence-corrected chi connectivity index (χ0v) is 16.1. The van der Waals surface area contributed by atoms with Gasteiger partial charge in [-0.25, -0.2) is 9.67 Å². The number of pyridine rings is 1.